The maximum Gasteiger partial charge on any atom is 0.164 e. The molecule has 2 aromatic heterocycles. The summed E-state index contributed by atoms with van der Waals surface area (Å²) in [7, 11) is 0. The number of aromatic nitrogens is 3. The van der Waals surface area contributed by atoms with E-state index >= 15 is 0 Å². The number of allylic oxidation sites excluding steroid dienone is 4. The fraction of sp³-hybridized carbons (Fsp3) is 0.0465. The van der Waals surface area contributed by atoms with Gasteiger partial charge in [-0.25, -0.2) is 15.0 Å². The SMILES string of the molecule is C1=CC(c2cccc3ccccc23)CC=C1c1nc(-c2ccccc2)nc(-c2cccc3oc4c(-c5ccccc5)cccc4c23)n1. The summed E-state index contributed by atoms with van der Waals surface area (Å²) in [6, 6.07) is 48.1. The molecule has 222 valence electrons. The highest BCUT2D eigenvalue weighted by molar-refractivity contribution is 6.15. The van der Waals surface area contributed by atoms with E-state index in [-0.39, 0.29) is 5.92 Å². The predicted molar refractivity (Wildman–Crippen MR) is 192 cm³/mol. The van der Waals surface area contributed by atoms with Crippen LogP contribution in [0.15, 0.2) is 162 Å². The predicted octanol–water partition coefficient (Wildman–Crippen LogP) is 11.1. The summed E-state index contributed by atoms with van der Waals surface area (Å²) in [5.41, 5.74) is 8.04. The van der Waals surface area contributed by atoms with Gasteiger partial charge in [0, 0.05) is 39.0 Å². The molecule has 47 heavy (non-hydrogen) atoms. The second-order valence-electron chi connectivity index (χ2n) is 11.9. The van der Waals surface area contributed by atoms with Gasteiger partial charge in [0.1, 0.15) is 11.2 Å². The normalized spacial score (nSPS) is 14.6. The van der Waals surface area contributed by atoms with Crippen molar-refractivity contribution in [2.24, 2.45) is 0 Å². The van der Waals surface area contributed by atoms with E-state index in [0.717, 1.165) is 56.2 Å². The molecule has 6 aromatic carbocycles. The largest absolute Gasteiger partial charge is 0.455 e. The first-order chi connectivity index (χ1) is 23.3. The Kier molecular flexibility index (Phi) is 6.57. The van der Waals surface area contributed by atoms with Gasteiger partial charge < -0.3 is 4.42 Å². The lowest BCUT2D eigenvalue weighted by atomic mass is 9.87. The van der Waals surface area contributed by atoms with Crippen LogP contribution in [0.2, 0.25) is 0 Å². The van der Waals surface area contributed by atoms with Crippen molar-refractivity contribution in [3.8, 4) is 33.9 Å². The average Bonchev–Trinajstić information content (AvgIpc) is 3.54. The molecule has 0 saturated heterocycles. The van der Waals surface area contributed by atoms with E-state index in [9.17, 15) is 0 Å². The molecule has 0 saturated carbocycles. The fourth-order valence-electron chi connectivity index (χ4n) is 6.81. The monoisotopic (exact) mass is 603 g/mol. The van der Waals surface area contributed by atoms with Crippen LogP contribution in [-0.4, -0.2) is 15.0 Å². The van der Waals surface area contributed by atoms with E-state index in [4.69, 9.17) is 19.4 Å². The van der Waals surface area contributed by atoms with E-state index in [2.05, 4.69) is 109 Å². The van der Waals surface area contributed by atoms with Gasteiger partial charge in [-0.2, -0.15) is 0 Å². The van der Waals surface area contributed by atoms with Crippen LogP contribution in [0.4, 0.5) is 0 Å². The molecule has 0 bridgehead atoms. The number of nitrogens with zero attached hydrogens (tertiary/aromatic N) is 3. The Morgan fingerprint density at radius 3 is 2.02 bits per heavy atom. The van der Waals surface area contributed by atoms with Gasteiger partial charge in [-0.05, 0) is 34.4 Å². The van der Waals surface area contributed by atoms with Crippen molar-refractivity contribution in [1.29, 1.82) is 0 Å². The first kappa shape index (κ1) is 27.2. The van der Waals surface area contributed by atoms with Crippen molar-refractivity contribution in [3.05, 3.63) is 169 Å². The van der Waals surface area contributed by atoms with Crippen molar-refractivity contribution in [1.82, 2.24) is 15.0 Å². The number of benzene rings is 6. The van der Waals surface area contributed by atoms with Gasteiger partial charge >= 0.3 is 0 Å². The van der Waals surface area contributed by atoms with Crippen molar-refractivity contribution in [2.75, 3.05) is 0 Å². The highest BCUT2D eigenvalue weighted by Crippen LogP contribution is 2.40. The molecule has 0 fully saturated rings. The number of rotatable bonds is 5. The van der Waals surface area contributed by atoms with Gasteiger partial charge in [0.25, 0.3) is 0 Å². The van der Waals surface area contributed by atoms with E-state index in [0.29, 0.717) is 17.5 Å². The highest BCUT2D eigenvalue weighted by Gasteiger charge is 2.21. The van der Waals surface area contributed by atoms with Crippen molar-refractivity contribution >= 4 is 38.3 Å². The zero-order chi connectivity index (χ0) is 31.2. The van der Waals surface area contributed by atoms with E-state index in [1.54, 1.807) is 0 Å². The average molecular weight is 604 g/mol. The summed E-state index contributed by atoms with van der Waals surface area (Å²) in [5, 5.41) is 4.60. The Morgan fingerprint density at radius 2 is 1.19 bits per heavy atom. The van der Waals surface area contributed by atoms with Crippen molar-refractivity contribution in [2.45, 2.75) is 12.3 Å². The van der Waals surface area contributed by atoms with Gasteiger partial charge in [-0.1, -0.05) is 152 Å². The van der Waals surface area contributed by atoms with Gasteiger partial charge in [0.05, 0.1) is 0 Å². The first-order valence-electron chi connectivity index (χ1n) is 16.0. The highest BCUT2D eigenvalue weighted by atomic mass is 16.3. The smallest absolute Gasteiger partial charge is 0.164 e. The summed E-state index contributed by atoms with van der Waals surface area (Å²) in [6.45, 7) is 0. The molecule has 9 rings (SSSR count). The minimum atomic E-state index is 0.282. The lowest BCUT2D eigenvalue weighted by molar-refractivity contribution is 0.670. The van der Waals surface area contributed by atoms with Gasteiger partial charge in [-0.3, -0.25) is 0 Å². The van der Waals surface area contributed by atoms with Gasteiger partial charge in [0.2, 0.25) is 0 Å². The van der Waals surface area contributed by atoms with Crippen LogP contribution in [0.1, 0.15) is 23.7 Å². The van der Waals surface area contributed by atoms with Crippen molar-refractivity contribution in [3.63, 3.8) is 0 Å². The van der Waals surface area contributed by atoms with Crippen LogP contribution in [0.5, 0.6) is 0 Å². The van der Waals surface area contributed by atoms with Crippen LogP contribution < -0.4 is 0 Å². The Hall–Kier alpha value is -6.13. The molecule has 1 unspecified atom stereocenters. The number of hydrogen-bond acceptors (Lipinski definition) is 4. The van der Waals surface area contributed by atoms with Crippen LogP contribution in [-0.2, 0) is 0 Å². The Bertz CT molecular complexity index is 2490. The molecule has 2 heterocycles. The number of para-hydroxylation sites is 1. The summed E-state index contributed by atoms with van der Waals surface area (Å²) in [5.74, 6) is 2.21. The summed E-state index contributed by atoms with van der Waals surface area (Å²) >= 11 is 0. The van der Waals surface area contributed by atoms with Crippen LogP contribution in [0, 0.1) is 0 Å². The molecule has 0 N–H and O–H groups in total. The molecule has 1 aliphatic rings. The minimum Gasteiger partial charge on any atom is -0.455 e. The molecule has 0 aliphatic heterocycles. The van der Waals surface area contributed by atoms with E-state index in [1.165, 1.54) is 16.3 Å². The summed E-state index contributed by atoms with van der Waals surface area (Å²) in [4.78, 5) is 15.2. The molecule has 4 nitrogen and oxygen atoms in total. The van der Waals surface area contributed by atoms with Gasteiger partial charge in [-0.15, -0.1) is 0 Å². The molecule has 1 atom stereocenters. The van der Waals surface area contributed by atoms with Gasteiger partial charge in [0.15, 0.2) is 17.5 Å². The first-order valence-corrected chi connectivity index (χ1v) is 16.0. The maximum absolute atomic E-state index is 6.55. The molecular weight excluding hydrogens is 574 g/mol. The molecule has 0 amide bonds. The topological polar surface area (TPSA) is 51.8 Å². The van der Waals surface area contributed by atoms with Crippen LogP contribution in [0.25, 0.3) is 72.2 Å². The fourth-order valence-corrected chi connectivity index (χ4v) is 6.81. The lowest BCUT2D eigenvalue weighted by Crippen LogP contribution is -2.05. The molecular formula is C43H29N3O. The van der Waals surface area contributed by atoms with Crippen LogP contribution in [0.3, 0.4) is 0 Å². The molecule has 1 aliphatic carbocycles. The zero-order valence-electron chi connectivity index (χ0n) is 25.5. The Morgan fingerprint density at radius 1 is 0.532 bits per heavy atom. The molecule has 0 radical (unpaired) electrons. The third kappa shape index (κ3) is 4.82. The minimum absolute atomic E-state index is 0.282. The zero-order valence-corrected chi connectivity index (χ0v) is 25.5. The van der Waals surface area contributed by atoms with E-state index < -0.39 is 0 Å². The number of furan rings is 1. The Balaban J connectivity index is 1.18. The van der Waals surface area contributed by atoms with Crippen LogP contribution >= 0.6 is 0 Å². The molecule has 8 aromatic rings. The third-order valence-corrected chi connectivity index (χ3v) is 9.10. The number of fused-ring (bicyclic) bond motifs is 4. The van der Waals surface area contributed by atoms with Crippen molar-refractivity contribution < 1.29 is 4.42 Å². The lowest BCUT2D eigenvalue weighted by Gasteiger charge is -2.18. The molecule has 0 spiro atoms. The second-order valence-corrected chi connectivity index (χ2v) is 11.9. The standard InChI is InChI=1S/C43H29N3O/c1-3-12-29(13-4-1)35-20-10-21-36-39-37(22-11-23-38(39)47-40(35)36)43-45-41(31-15-5-2-6-16-31)44-42(46-43)32-26-24-30(25-27-32)34-19-9-17-28-14-7-8-18-33(28)34/h1-24,26-27,30H,25H2. The number of hydrogen-bond donors (Lipinski definition) is 0. The third-order valence-electron chi connectivity index (χ3n) is 9.10. The van der Waals surface area contributed by atoms with E-state index in [1.807, 2.05) is 48.5 Å². The summed E-state index contributed by atoms with van der Waals surface area (Å²) in [6.07, 6.45) is 7.59. The quantitative estimate of drug-likeness (QED) is 0.196. The summed E-state index contributed by atoms with van der Waals surface area (Å²) < 4.78 is 6.55. The maximum atomic E-state index is 6.55. The molecule has 4 heteroatoms. The Labute approximate surface area is 272 Å². The second kappa shape index (κ2) is 11.3.